The Kier molecular flexibility index (Phi) is 9.95. The molecule has 0 atom stereocenters. The van der Waals surface area contributed by atoms with Crippen molar-refractivity contribution >= 4 is 11.7 Å². The van der Waals surface area contributed by atoms with E-state index in [2.05, 4.69) is 35.5 Å². The number of benzene rings is 2. The molecule has 1 fully saturated rings. The molecule has 1 saturated carbocycles. The number of methoxy groups -OCH3 is 1. The molecule has 0 bridgehead atoms. The summed E-state index contributed by atoms with van der Waals surface area (Å²) >= 11 is 0. The standard InChI is InChI=1S/C28H38N2O4/c1-21(31)22-15-16-26(27(18-22)33-3)34-17-9-14-28(32)29-19-23-10-7-8-11-24(23)20-30(2)25-12-5-4-6-13-25/h7-8,10-11,15-16,18,25H,4-6,9,12-14,17,19-20H2,1-3H3,(H,29,32). The Morgan fingerprint density at radius 2 is 1.76 bits per heavy atom. The first-order chi connectivity index (χ1) is 16.5. The van der Waals surface area contributed by atoms with Crippen LogP contribution in [0.25, 0.3) is 0 Å². The average Bonchev–Trinajstić information content (AvgIpc) is 2.86. The number of Topliss-reactive ketones (excluding diaryl/α,β-unsaturated/α-hetero) is 1. The minimum atomic E-state index is -0.0243. The summed E-state index contributed by atoms with van der Waals surface area (Å²) in [6, 6.07) is 14.2. The van der Waals surface area contributed by atoms with Crippen molar-refractivity contribution in [1.29, 1.82) is 0 Å². The van der Waals surface area contributed by atoms with E-state index in [0.29, 0.717) is 49.1 Å². The van der Waals surface area contributed by atoms with Crippen molar-refractivity contribution in [3.8, 4) is 11.5 Å². The van der Waals surface area contributed by atoms with Crippen LogP contribution in [0.4, 0.5) is 0 Å². The van der Waals surface area contributed by atoms with Gasteiger partial charge in [-0.25, -0.2) is 0 Å². The number of nitrogens with zero attached hydrogens (tertiary/aromatic N) is 1. The highest BCUT2D eigenvalue weighted by Gasteiger charge is 2.19. The van der Waals surface area contributed by atoms with Crippen LogP contribution >= 0.6 is 0 Å². The molecule has 6 nitrogen and oxygen atoms in total. The van der Waals surface area contributed by atoms with Crippen molar-refractivity contribution in [2.24, 2.45) is 0 Å². The van der Waals surface area contributed by atoms with Crippen molar-refractivity contribution < 1.29 is 19.1 Å². The molecular weight excluding hydrogens is 428 g/mol. The lowest BCUT2D eigenvalue weighted by Gasteiger charge is -2.31. The summed E-state index contributed by atoms with van der Waals surface area (Å²) in [4.78, 5) is 26.4. The summed E-state index contributed by atoms with van der Waals surface area (Å²) in [6.45, 7) is 3.36. The molecule has 0 spiro atoms. The minimum Gasteiger partial charge on any atom is -0.493 e. The first-order valence-electron chi connectivity index (χ1n) is 12.3. The van der Waals surface area contributed by atoms with Gasteiger partial charge in [0.2, 0.25) is 5.91 Å². The van der Waals surface area contributed by atoms with Crippen molar-refractivity contribution in [3.05, 3.63) is 59.2 Å². The van der Waals surface area contributed by atoms with Crippen molar-refractivity contribution in [1.82, 2.24) is 10.2 Å². The van der Waals surface area contributed by atoms with E-state index in [1.807, 2.05) is 6.07 Å². The second-order valence-corrected chi connectivity index (χ2v) is 9.13. The molecule has 0 heterocycles. The maximum Gasteiger partial charge on any atom is 0.220 e. The summed E-state index contributed by atoms with van der Waals surface area (Å²) in [5, 5.41) is 3.06. The Balaban J connectivity index is 1.43. The molecule has 1 N–H and O–H groups in total. The highest BCUT2D eigenvalue weighted by molar-refractivity contribution is 5.94. The van der Waals surface area contributed by atoms with Gasteiger partial charge in [0.05, 0.1) is 13.7 Å². The summed E-state index contributed by atoms with van der Waals surface area (Å²) in [5.74, 6) is 1.08. The van der Waals surface area contributed by atoms with Crippen LogP contribution in [0.15, 0.2) is 42.5 Å². The number of ether oxygens (including phenoxy) is 2. The van der Waals surface area contributed by atoms with Crippen LogP contribution in [0.1, 0.15) is 73.4 Å². The molecule has 6 heteroatoms. The minimum absolute atomic E-state index is 0.0120. The third-order valence-corrected chi connectivity index (χ3v) is 6.59. The number of amides is 1. The van der Waals surface area contributed by atoms with Crippen LogP contribution in [-0.2, 0) is 17.9 Å². The van der Waals surface area contributed by atoms with E-state index in [4.69, 9.17) is 9.47 Å². The molecule has 0 aromatic heterocycles. The van der Waals surface area contributed by atoms with Gasteiger partial charge >= 0.3 is 0 Å². The number of ketones is 1. The predicted molar refractivity (Wildman–Crippen MR) is 134 cm³/mol. The normalized spacial score (nSPS) is 14.1. The van der Waals surface area contributed by atoms with Gasteiger partial charge < -0.3 is 14.8 Å². The third kappa shape index (κ3) is 7.59. The largest absolute Gasteiger partial charge is 0.493 e. The van der Waals surface area contributed by atoms with Crippen molar-refractivity contribution in [2.45, 2.75) is 71.0 Å². The van der Waals surface area contributed by atoms with Crippen LogP contribution in [0.2, 0.25) is 0 Å². The van der Waals surface area contributed by atoms with Gasteiger partial charge in [0.25, 0.3) is 0 Å². The molecule has 0 radical (unpaired) electrons. The molecule has 2 aromatic carbocycles. The topological polar surface area (TPSA) is 67.9 Å². The van der Waals surface area contributed by atoms with Crippen LogP contribution in [0.3, 0.4) is 0 Å². The molecule has 34 heavy (non-hydrogen) atoms. The maximum atomic E-state index is 12.4. The lowest BCUT2D eigenvalue weighted by Crippen LogP contribution is -2.33. The zero-order valence-electron chi connectivity index (χ0n) is 20.8. The van der Waals surface area contributed by atoms with Crippen LogP contribution in [0, 0.1) is 0 Å². The zero-order chi connectivity index (χ0) is 24.3. The lowest BCUT2D eigenvalue weighted by atomic mass is 9.94. The quantitative estimate of drug-likeness (QED) is 0.347. The van der Waals surface area contributed by atoms with Gasteiger partial charge in [-0.2, -0.15) is 0 Å². The monoisotopic (exact) mass is 466 g/mol. The van der Waals surface area contributed by atoms with Crippen molar-refractivity contribution in [3.63, 3.8) is 0 Å². The smallest absolute Gasteiger partial charge is 0.220 e. The summed E-state index contributed by atoms with van der Waals surface area (Å²) in [7, 11) is 3.76. The number of carbonyl (C=O) groups is 2. The Labute approximate surface area is 203 Å². The molecule has 3 rings (SSSR count). The van der Waals surface area contributed by atoms with Gasteiger partial charge in [-0.15, -0.1) is 0 Å². The maximum absolute atomic E-state index is 12.4. The van der Waals surface area contributed by atoms with Gasteiger partial charge in [-0.1, -0.05) is 43.5 Å². The summed E-state index contributed by atoms with van der Waals surface area (Å²) in [6.07, 6.45) is 7.56. The summed E-state index contributed by atoms with van der Waals surface area (Å²) in [5.41, 5.74) is 3.03. The first-order valence-corrected chi connectivity index (χ1v) is 12.3. The molecule has 0 saturated heterocycles. The van der Waals surface area contributed by atoms with Gasteiger partial charge in [0.15, 0.2) is 17.3 Å². The fourth-order valence-corrected chi connectivity index (χ4v) is 4.51. The molecular formula is C28H38N2O4. The van der Waals surface area contributed by atoms with Gasteiger partial charge in [0, 0.05) is 31.1 Å². The highest BCUT2D eigenvalue weighted by atomic mass is 16.5. The molecule has 1 amide bonds. The third-order valence-electron chi connectivity index (χ3n) is 6.59. The van der Waals surface area contributed by atoms with E-state index in [0.717, 1.165) is 6.54 Å². The fraction of sp³-hybridized carbons (Fsp3) is 0.500. The second-order valence-electron chi connectivity index (χ2n) is 9.13. The van der Waals surface area contributed by atoms with Crippen LogP contribution in [-0.4, -0.2) is 43.4 Å². The number of hydrogen-bond acceptors (Lipinski definition) is 5. The van der Waals surface area contributed by atoms with Gasteiger partial charge in [0.1, 0.15) is 0 Å². The van der Waals surface area contributed by atoms with E-state index >= 15 is 0 Å². The molecule has 1 aliphatic carbocycles. The molecule has 0 aliphatic heterocycles. The Hall–Kier alpha value is -2.86. The van der Waals surface area contributed by atoms with Gasteiger partial charge in [-0.3, -0.25) is 14.5 Å². The molecule has 0 unspecified atom stereocenters. The van der Waals surface area contributed by atoms with Crippen LogP contribution in [0.5, 0.6) is 11.5 Å². The molecule has 1 aliphatic rings. The number of carbonyl (C=O) groups excluding carboxylic acids is 2. The van der Waals surface area contributed by atoms with E-state index in [-0.39, 0.29) is 11.7 Å². The van der Waals surface area contributed by atoms with E-state index in [1.54, 1.807) is 25.3 Å². The highest BCUT2D eigenvalue weighted by Crippen LogP contribution is 2.28. The molecule has 2 aromatic rings. The fourth-order valence-electron chi connectivity index (χ4n) is 4.51. The predicted octanol–water partition coefficient (Wildman–Crippen LogP) is 5.14. The number of rotatable bonds is 12. The summed E-state index contributed by atoms with van der Waals surface area (Å²) < 4.78 is 11.1. The Bertz CT molecular complexity index is 953. The average molecular weight is 467 g/mol. The van der Waals surface area contributed by atoms with Crippen LogP contribution < -0.4 is 14.8 Å². The zero-order valence-corrected chi connectivity index (χ0v) is 20.8. The Morgan fingerprint density at radius 3 is 2.47 bits per heavy atom. The lowest BCUT2D eigenvalue weighted by molar-refractivity contribution is -0.121. The second kappa shape index (κ2) is 13.1. The van der Waals surface area contributed by atoms with Crippen molar-refractivity contribution in [2.75, 3.05) is 20.8 Å². The SMILES string of the molecule is COc1cc(C(C)=O)ccc1OCCCC(=O)NCc1ccccc1CN(C)C1CCCCC1. The van der Waals surface area contributed by atoms with E-state index < -0.39 is 0 Å². The first kappa shape index (κ1) is 25.8. The number of hydrogen-bond donors (Lipinski definition) is 1. The Morgan fingerprint density at radius 1 is 1.03 bits per heavy atom. The van der Waals surface area contributed by atoms with E-state index in [1.165, 1.54) is 50.2 Å². The van der Waals surface area contributed by atoms with E-state index in [9.17, 15) is 9.59 Å². The number of nitrogens with one attached hydrogen (secondary N) is 1. The molecule has 184 valence electrons. The van der Waals surface area contributed by atoms with Gasteiger partial charge in [-0.05, 0) is 62.6 Å².